The minimum Gasteiger partial charge on any atom is -0.378 e. The summed E-state index contributed by atoms with van der Waals surface area (Å²) in [5.74, 6) is 0.641. The van der Waals surface area contributed by atoms with Gasteiger partial charge in [0.25, 0.3) is 5.69 Å². The standard InChI is InChI=1S/C20H19ClN2O2/c1-2-12-6-9-19-16(10-12)14-4-3-5-15(14)20(22-19)17-11-13(23(24)25)7-8-18(17)21/h3-4,6-11,14-15,20,22H,2,5H2,1H3/t14-,15+,20-/m1/s1. The van der Waals surface area contributed by atoms with Crippen molar-refractivity contribution in [3.8, 4) is 0 Å². The van der Waals surface area contributed by atoms with Crippen molar-refractivity contribution >= 4 is 23.0 Å². The topological polar surface area (TPSA) is 55.2 Å². The van der Waals surface area contributed by atoms with Gasteiger partial charge in [0.2, 0.25) is 0 Å². The minimum atomic E-state index is -0.367. The lowest BCUT2D eigenvalue weighted by Gasteiger charge is -2.38. The molecule has 0 spiro atoms. The largest absolute Gasteiger partial charge is 0.378 e. The van der Waals surface area contributed by atoms with Crippen LogP contribution in [0.25, 0.3) is 0 Å². The number of halogens is 1. The van der Waals surface area contributed by atoms with Crippen LogP contribution in [-0.4, -0.2) is 4.92 Å². The highest BCUT2D eigenvalue weighted by molar-refractivity contribution is 6.31. The molecule has 1 aliphatic heterocycles. The molecule has 0 unspecified atom stereocenters. The van der Waals surface area contributed by atoms with Gasteiger partial charge in [-0.3, -0.25) is 10.1 Å². The first-order valence-corrected chi connectivity index (χ1v) is 8.96. The maximum Gasteiger partial charge on any atom is 0.269 e. The number of nitrogens with one attached hydrogen (secondary N) is 1. The zero-order valence-electron chi connectivity index (χ0n) is 13.9. The molecule has 2 aliphatic rings. The summed E-state index contributed by atoms with van der Waals surface area (Å²) in [7, 11) is 0. The summed E-state index contributed by atoms with van der Waals surface area (Å²) in [6, 6.07) is 11.2. The van der Waals surface area contributed by atoms with Crippen molar-refractivity contribution < 1.29 is 4.92 Å². The predicted octanol–water partition coefficient (Wildman–Crippen LogP) is 5.64. The van der Waals surface area contributed by atoms with Gasteiger partial charge in [-0.1, -0.05) is 42.8 Å². The Hall–Kier alpha value is -2.33. The molecule has 1 aliphatic carbocycles. The van der Waals surface area contributed by atoms with Crippen LogP contribution >= 0.6 is 11.6 Å². The summed E-state index contributed by atoms with van der Waals surface area (Å²) in [5, 5.41) is 15.3. The third-order valence-electron chi connectivity index (χ3n) is 5.36. The lowest BCUT2D eigenvalue weighted by Crippen LogP contribution is -2.29. The van der Waals surface area contributed by atoms with Crippen molar-refractivity contribution in [1.82, 2.24) is 0 Å². The number of aryl methyl sites for hydroxylation is 1. The summed E-state index contributed by atoms with van der Waals surface area (Å²) < 4.78 is 0. The van der Waals surface area contributed by atoms with E-state index in [4.69, 9.17) is 11.6 Å². The Morgan fingerprint density at radius 1 is 1.24 bits per heavy atom. The monoisotopic (exact) mass is 354 g/mol. The number of benzene rings is 2. The molecule has 1 N–H and O–H groups in total. The smallest absolute Gasteiger partial charge is 0.269 e. The fourth-order valence-corrected chi connectivity index (χ4v) is 4.29. The van der Waals surface area contributed by atoms with E-state index in [2.05, 4.69) is 42.6 Å². The first-order chi connectivity index (χ1) is 12.1. The van der Waals surface area contributed by atoms with E-state index < -0.39 is 0 Å². The second kappa shape index (κ2) is 6.19. The van der Waals surface area contributed by atoms with Crippen LogP contribution in [0, 0.1) is 16.0 Å². The number of fused-ring (bicyclic) bond motifs is 3. The van der Waals surface area contributed by atoms with E-state index >= 15 is 0 Å². The molecular weight excluding hydrogens is 336 g/mol. The number of rotatable bonds is 3. The van der Waals surface area contributed by atoms with Gasteiger partial charge in [0.1, 0.15) is 0 Å². The summed E-state index contributed by atoms with van der Waals surface area (Å²) in [6.07, 6.45) is 6.43. The maximum absolute atomic E-state index is 11.2. The molecule has 1 heterocycles. The highest BCUT2D eigenvalue weighted by atomic mass is 35.5. The highest BCUT2D eigenvalue weighted by Gasteiger charge is 2.39. The fourth-order valence-electron chi connectivity index (χ4n) is 4.05. The third-order valence-corrected chi connectivity index (χ3v) is 5.71. The molecule has 0 bridgehead atoms. The second-order valence-corrected chi connectivity index (χ2v) is 7.12. The van der Waals surface area contributed by atoms with Crippen LogP contribution in [0.1, 0.15) is 42.0 Å². The molecule has 5 heteroatoms. The van der Waals surface area contributed by atoms with Gasteiger partial charge < -0.3 is 5.32 Å². The van der Waals surface area contributed by atoms with E-state index in [-0.39, 0.29) is 16.7 Å². The molecular formula is C20H19ClN2O2. The molecule has 25 heavy (non-hydrogen) atoms. The van der Waals surface area contributed by atoms with Crippen LogP contribution in [-0.2, 0) is 6.42 Å². The number of anilines is 1. The molecule has 0 saturated heterocycles. The third kappa shape index (κ3) is 2.71. The Kier molecular flexibility index (Phi) is 4.00. The van der Waals surface area contributed by atoms with Crippen molar-refractivity contribution in [1.29, 1.82) is 0 Å². The van der Waals surface area contributed by atoms with Crippen molar-refractivity contribution in [3.05, 3.63) is 80.4 Å². The van der Waals surface area contributed by atoms with E-state index in [1.54, 1.807) is 12.1 Å². The Labute approximate surface area is 151 Å². The van der Waals surface area contributed by atoms with Crippen LogP contribution < -0.4 is 5.32 Å². The Morgan fingerprint density at radius 2 is 2.08 bits per heavy atom. The van der Waals surface area contributed by atoms with Gasteiger partial charge in [0, 0.05) is 34.3 Å². The molecule has 0 fully saturated rings. The van der Waals surface area contributed by atoms with E-state index in [9.17, 15) is 10.1 Å². The zero-order chi connectivity index (χ0) is 17.6. The lowest BCUT2D eigenvalue weighted by atomic mass is 9.76. The Bertz CT molecular complexity index is 878. The lowest BCUT2D eigenvalue weighted by molar-refractivity contribution is -0.384. The van der Waals surface area contributed by atoms with Crippen molar-refractivity contribution in [3.63, 3.8) is 0 Å². The van der Waals surface area contributed by atoms with Gasteiger partial charge in [-0.2, -0.15) is 0 Å². The summed E-state index contributed by atoms with van der Waals surface area (Å²) in [6.45, 7) is 2.16. The molecule has 0 radical (unpaired) electrons. The predicted molar refractivity (Wildman–Crippen MR) is 100 cm³/mol. The number of nitrogens with zero attached hydrogens (tertiary/aromatic N) is 1. The van der Waals surface area contributed by atoms with Crippen LogP contribution in [0.15, 0.2) is 48.6 Å². The average molecular weight is 355 g/mol. The van der Waals surface area contributed by atoms with Gasteiger partial charge in [-0.05, 0) is 42.0 Å². The van der Waals surface area contributed by atoms with Crippen molar-refractivity contribution in [2.24, 2.45) is 5.92 Å². The fraction of sp³-hybridized carbons (Fsp3) is 0.300. The van der Waals surface area contributed by atoms with Crippen molar-refractivity contribution in [2.75, 3.05) is 5.32 Å². The molecule has 4 nitrogen and oxygen atoms in total. The van der Waals surface area contributed by atoms with Gasteiger partial charge in [-0.25, -0.2) is 0 Å². The van der Waals surface area contributed by atoms with E-state index in [0.717, 1.165) is 24.1 Å². The van der Waals surface area contributed by atoms with Crippen molar-refractivity contribution in [2.45, 2.75) is 31.7 Å². The molecule has 0 amide bonds. The number of nitro groups is 1. The summed E-state index contributed by atoms with van der Waals surface area (Å²) in [4.78, 5) is 10.8. The Morgan fingerprint density at radius 3 is 2.84 bits per heavy atom. The first-order valence-electron chi connectivity index (χ1n) is 8.58. The van der Waals surface area contributed by atoms with E-state index in [1.807, 2.05) is 0 Å². The van der Waals surface area contributed by atoms with Gasteiger partial charge in [-0.15, -0.1) is 0 Å². The van der Waals surface area contributed by atoms with Crippen LogP contribution in [0.3, 0.4) is 0 Å². The molecule has 4 rings (SSSR count). The number of non-ortho nitro benzene ring substituents is 1. The molecule has 2 aromatic carbocycles. The van der Waals surface area contributed by atoms with Gasteiger partial charge >= 0.3 is 0 Å². The summed E-state index contributed by atoms with van der Waals surface area (Å²) >= 11 is 6.42. The minimum absolute atomic E-state index is 0.0348. The molecule has 2 aromatic rings. The number of hydrogen-bond donors (Lipinski definition) is 1. The number of hydrogen-bond acceptors (Lipinski definition) is 3. The average Bonchev–Trinajstić information content (AvgIpc) is 3.11. The van der Waals surface area contributed by atoms with E-state index in [0.29, 0.717) is 16.9 Å². The molecule has 3 atom stereocenters. The summed E-state index contributed by atoms with van der Waals surface area (Å²) in [5.41, 5.74) is 4.62. The second-order valence-electron chi connectivity index (χ2n) is 6.71. The molecule has 0 saturated carbocycles. The maximum atomic E-state index is 11.2. The number of nitro benzene ring substituents is 1. The molecule has 128 valence electrons. The Balaban J connectivity index is 1.80. The van der Waals surface area contributed by atoms with Gasteiger partial charge in [0.05, 0.1) is 11.0 Å². The van der Waals surface area contributed by atoms with Crippen LogP contribution in [0.5, 0.6) is 0 Å². The van der Waals surface area contributed by atoms with Crippen LogP contribution in [0.2, 0.25) is 5.02 Å². The quantitative estimate of drug-likeness (QED) is 0.441. The van der Waals surface area contributed by atoms with Gasteiger partial charge in [0.15, 0.2) is 0 Å². The van der Waals surface area contributed by atoms with Crippen LogP contribution in [0.4, 0.5) is 11.4 Å². The normalized spacial score (nSPS) is 23.7. The first kappa shape index (κ1) is 16.2. The highest BCUT2D eigenvalue weighted by Crippen LogP contribution is 2.51. The zero-order valence-corrected chi connectivity index (χ0v) is 14.7. The SMILES string of the molecule is CCc1ccc2c(c1)[C@@H]1C=CC[C@@H]1[C@H](c1cc([N+](=O)[O-])ccc1Cl)N2. The molecule has 0 aromatic heterocycles. The number of allylic oxidation sites excluding steroid dienone is 2. The van der Waals surface area contributed by atoms with E-state index in [1.165, 1.54) is 17.2 Å².